The van der Waals surface area contributed by atoms with Gasteiger partial charge in [0.05, 0.1) is 11.3 Å². The largest absolute Gasteiger partial charge is 0.371 e. The molecule has 4 rings (SSSR count). The van der Waals surface area contributed by atoms with Gasteiger partial charge in [-0.25, -0.2) is 4.98 Å². The van der Waals surface area contributed by atoms with Crippen LogP contribution in [0.1, 0.15) is 46.6 Å². The molecule has 0 radical (unpaired) electrons. The first-order valence-electron chi connectivity index (χ1n) is 10.3. The number of nitrogens with one attached hydrogen (secondary N) is 1. The van der Waals surface area contributed by atoms with E-state index in [2.05, 4.69) is 32.5 Å². The van der Waals surface area contributed by atoms with E-state index in [1.165, 1.54) is 31.0 Å². The molecule has 1 N–H and O–H groups in total. The molecular weight excluding hydrogens is 396 g/mol. The zero-order valence-electron chi connectivity index (χ0n) is 17.4. The number of anilines is 2. The van der Waals surface area contributed by atoms with E-state index in [4.69, 9.17) is 4.52 Å². The Morgan fingerprint density at radius 3 is 2.77 bits per heavy atom. The molecule has 30 heavy (non-hydrogen) atoms. The summed E-state index contributed by atoms with van der Waals surface area (Å²) in [5.41, 5.74) is 4.45. The number of aryl methyl sites for hydroxylation is 2. The summed E-state index contributed by atoms with van der Waals surface area (Å²) in [6.45, 7) is 5.97. The highest BCUT2D eigenvalue weighted by Gasteiger charge is 2.17. The topological polar surface area (TPSA) is 71.3 Å². The molecule has 1 amide bonds. The van der Waals surface area contributed by atoms with Crippen LogP contribution in [-0.2, 0) is 5.75 Å². The van der Waals surface area contributed by atoms with E-state index in [1.807, 2.05) is 32.0 Å². The zero-order valence-corrected chi connectivity index (χ0v) is 18.2. The van der Waals surface area contributed by atoms with Gasteiger partial charge in [0.15, 0.2) is 0 Å². The summed E-state index contributed by atoms with van der Waals surface area (Å²) in [4.78, 5) is 19.8. The van der Waals surface area contributed by atoms with E-state index in [9.17, 15) is 4.79 Å². The van der Waals surface area contributed by atoms with Gasteiger partial charge in [-0.2, -0.15) is 0 Å². The maximum Gasteiger partial charge on any atom is 0.258 e. The molecule has 2 aromatic heterocycles. The first-order chi connectivity index (χ1) is 14.6. The fourth-order valence-electron chi connectivity index (χ4n) is 3.66. The highest BCUT2D eigenvalue weighted by Crippen LogP contribution is 2.28. The number of piperidine rings is 1. The van der Waals surface area contributed by atoms with E-state index in [1.54, 1.807) is 12.3 Å². The Kier molecular flexibility index (Phi) is 6.38. The second-order valence-corrected chi connectivity index (χ2v) is 8.46. The van der Waals surface area contributed by atoms with Crippen LogP contribution in [0.3, 0.4) is 0 Å². The van der Waals surface area contributed by atoms with Crippen molar-refractivity contribution in [2.75, 3.05) is 23.3 Å². The average molecular weight is 423 g/mol. The smallest absolute Gasteiger partial charge is 0.258 e. The second-order valence-electron chi connectivity index (χ2n) is 7.50. The lowest BCUT2D eigenvalue weighted by atomic mass is 10.1. The van der Waals surface area contributed by atoms with Crippen molar-refractivity contribution in [2.24, 2.45) is 0 Å². The van der Waals surface area contributed by atoms with Crippen molar-refractivity contribution in [1.29, 1.82) is 0 Å². The lowest BCUT2D eigenvalue weighted by Crippen LogP contribution is -2.29. The molecule has 3 aromatic rings. The van der Waals surface area contributed by atoms with Crippen molar-refractivity contribution in [3.63, 3.8) is 0 Å². The van der Waals surface area contributed by atoms with Crippen LogP contribution in [0.5, 0.6) is 0 Å². The van der Waals surface area contributed by atoms with E-state index in [-0.39, 0.29) is 5.91 Å². The van der Waals surface area contributed by atoms with Crippen LogP contribution in [0, 0.1) is 13.8 Å². The maximum absolute atomic E-state index is 13.0. The summed E-state index contributed by atoms with van der Waals surface area (Å²) in [5.74, 6) is 1.31. The molecule has 6 nitrogen and oxygen atoms in total. The summed E-state index contributed by atoms with van der Waals surface area (Å²) < 4.78 is 5.23. The highest BCUT2D eigenvalue weighted by molar-refractivity contribution is 7.98. The number of amides is 1. The number of carbonyl (C=O) groups is 1. The Balaban J connectivity index is 1.47. The number of benzene rings is 1. The molecule has 3 heterocycles. The van der Waals surface area contributed by atoms with Crippen LogP contribution in [0.15, 0.2) is 52.1 Å². The third-order valence-corrected chi connectivity index (χ3v) is 6.41. The van der Waals surface area contributed by atoms with Gasteiger partial charge < -0.3 is 14.7 Å². The number of aromatic nitrogens is 2. The molecule has 1 aliphatic heterocycles. The van der Waals surface area contributed by atoms with Gasteiger partial charge >= 0.3 is 0 Å². The van der Waals surface area contributed by atoms with E-state index in [0.29, 0.717) is 16.3 Å². The van der Waals surface area contributed by atoms with Gasteiger partial charge in [0.25, 0.3) is 5.91 Å². The summed E-state index contributed by atoms with van der Waals surface area (Å²) in [7, 11) is 0. The molecular formula is C23H26N4O2S. The Bertz CT molecular complexity index is 1010. The lowest BCUT2D eigenvalue weighted by molar-refractivity contribution is 0.102. The molecule has 156 valence electrons. The first-order valence-corrected chi connectivity index (χ1v) is 11.3. The maximum atomic E-state index is 13.0. The number of carbonyl (C=O) groups excluding carboxylic acids is 1. The fourth-order valence-corrected chi connectivity index (χ4v) is 4.80. The van der Waals surface area contributed by atoms with E-state index >= 15 is 0 Å². The number of thioether (sulfide) groups is 1. The van der Waals surface area contributed by atoms with Crippen LogP contribution < -0.4 is 10.2 Å². The van der Waals surface area contributed by atoms with Crippen molar-refractivity contribution < 1.29 is 9.32 Å². The fraction of sp³-hybridized carbons (Fsp3) is 0.348. The molecule has 1 aliphatic rings. The SMILES string of the molecule is Cc1noc(C)c1CSc1ncccc1C(=O)Nc1cccc(N2CCCCC2)c1. The number of hydrogen-bond donors (Lipinski definition) is 1. The number of rotatable bonds is 6. The Morgan fingerprint density at radius 2 is 2.00 bits per heavy atom. The van der Waals surface area contributed by atoms with Crippen molar-refractivity contribution >= 4 is 29.0 Å². The third kappa shape index (κ3) is 4.67. The van der Waals surface area contributed by atoms with Crippen molar-refractivity contribution in [3.8, 4) is 0 Å². The minimum atomic E-state index is -0.153. The van der Waals surface area contributed by atoms with Crippen LogP contribution in [0.25, 0.3) is 0 Å². The Hall–Kier alpha value is -2.80. The summed E-state index contributed by atoms with van der Waals surface area (Å²) in [6, 6.07) is 11.7. The predicted molar refractivity (Wildman–Crippen MR) is 120 cm³/mol. The van der Waals surface area contributed by atoms with Crippen LogP contribution in [0.4, 0.5) is 11.4 Å². The number of hydrogen-bond acceptors (Lipinski definition) is 6. The molecule has 0 aliphatic carbocycles. The van der Waals surface area contributed by atoms with Gasteiger partial charge in [-0.3, -0.25) is 4.79 Å². The molecule has 7 heteroatoms. The van der Waals surface area contributed by atoms with Crippen LogP contribution in [-0.4, -0.2) is 29.1 Å². The first kappa shape index (κ1) is 20.5. The second kappa shape index (κ2) is 9.34. The number of pyridine rings is 1. The minimum absolute atomic E-state index is 0.153. The number of nitrogens with zero attached hydrogens (tertiary/aromatic N) is 3. The van der Waals surface area contributed by atoms with Crippen molar-refractivity contribution in [2.45, 2.75) is 43.9 Å². The molecule has 0 atom stereocenters. The van der Waals surface area contributed by atoms with Crippen LogP contribution in [0.2, 0.25) is 0 Å². The lowest BCUT2D eigenvalue weighted by Gasteiger charge is -2.29. The van der Waals surface area contributed by atoms with E-state index < -0.39 is 0 Å². The van der Waals surface area contributed by atoms with Gasteiger partial charge in [-0.1, -0.05) is 11.2 Å². The molecule has 0 bridgehead atoms. The Morgan fingerprint density at radius 1 is 1.17 bits per heavy atom. The minimum Gasteiger partial charge on any atom is -0.371 e. The molecule has 0 saturated carbocycles. The van der Waals surface area contributed by atoms with Gasteiger partial charge in [-0.15, -0.1) is 11.8 Å². The monoisotopic (exact) mass is 422 g/mol. The molecule has 0 spiro atoms. The average Bonchev–Trinajstić information content (AvgIpc) is 3.10. The van der Waals surface area contributed by atoms with Crippen molar-refractivity contribution in [1.82, 2.24) is 10.1 Å². The zero-order chi connectivity index (χ0) is 20.9. The highest BCUT2D eigenvalue weighted by atomic mass is 32.2. The van der Waals surface area contributed by atoms with Crippen LogP contribution >= 0.6 is 11.8 Å². The molecule has 0 unspecified atom stereocenters. The van der Waals surface area contributed by atoms with E-state index in [0.717, 1.165) is 41.5 Å². The summed E-state index contributed by atoms with van der Waals surface area (Å²) in [5, 5.41) is 7.74. The third-order valence-electron chi connectivity index (χ3n) is 5.38. The molecule has 1 aromatic carbocycles. The van der Waals surface area contributed by atoms with Gasteiger partial charge in [0, 0.05) is 42.0 Å². The van der Waals surface area contributed by atoms with Gasteiger partial charge in [0.2, 0.25) is 0 Å². The van der Waals surface area contributed by atoms with Gasteiger partial charge in [-0.05, 0) is 63.4 Å². The summed E-state index contributed by atoms with van der Waals surface area (Å²) in [6.07, 6.45) is 5.45. The standard InChI is InChI=1S/C23H26N4O2S/c1-16-21(17(2)29-26-16)15-30-23-20(10-7-11-24-23)22(28)25-18-8-6-9-19(14-18)27-12-4-3-5-13-27/h6-11,14H,3-5,12-13,15H2,1-2H3,(H,25,28). The predicted octanol–water partition coefficient (Wildman–Crippen LogP) is 5.22. The van der Waals surface area contributed by atoms with Crippen molar-refractivity contribution in [3.05, 3.63) is 65.2 Å². The molecule has 1 fully saturated rings. The Labute approximate surface area is 181 Å². The molecule has 1 saturated heterocycles. The van der Waals surface area contributed by atoms with Gasteiger partial charge in [0.1, 0.15) is 10.8 Å². The quantitative estimate of drug-likeness (QED) is 0.549. The summed E-state index contributed by atoms with van der Waals surface area (Å²) >= 11 is 1.52. The normalized spacial score (nSPS) is 14.0.